The molecule has 1 saturated carbocycles. The zero-order chi connectivity index (χ0) is 16.4. The first-order valence-corrected chi connectivity index (χ1v) is 9.67. The molecule has 1 aliphatic carbocycles. The molecule has 1 heterocycles. The van der Waals surface area contributed by atoms with E-state index in [4.69, 9.17) is 0 Å². The molecule has 3 nitrogen and oxygen atoms in total. The molecular weight excluding hydrogens is 326 g/mol. The minimum Gasteiger partial charge on any atom is -0.331 e. The summed E-state index contributed by atoms with van der Waals surface area (Å²) in [6.07, 6.45) is 4.19. The molecule has 0 atom stereocenters. The number of benzene rings is 1. The van der Waals surface area contributed by atoms with Crippen LogP contribution in [0.15, 0.2) is 41.3 Å². The van der Waals surface area contributed by atoms with E-state index in [1.807, 2.05) is 4.90 Å². The van der Waals surface area contributed by atoms with Gasteiger partial charge in [0, 0.05) is 17.5 Å². The average molecular weight is 345 g/mol. The zero-order valence-corrected chi connectivity index (χ0v) is 14.9. The van der Waals surface area contributed by atoms with E-state index >= 15 is 0 Å². The summed E-state index contributed by atoms with van der Waals surface area (Å²) in [7, 11) is 0. The van der Waals surface area contributed by atoms with Crippen LogP contribution in [0.5, 0.6) is 0 Å². The Labute approximate surface area is 144 Å². The van der Waals surface area contributed by atoms with Gasteiger partial charge >= 0.3 is 0 Å². The van der Waals surface area contributed by atoms with Crippen molar-refractivity contribution in [3.63, 3.8) is 0 Å². The summed E-state index contributed by atoms with van der Waals surface area (Å²) in [5, 5.41) is 0. The van der Waals surface area contributed by atoms with Crippen molar-refractivity contribution in [3.05, 3.63) is 51.7 Å². The van der Waals surface area contributed by atoms with Gasteiger partial charge in [-0.15, -0.1) is 23.1 Å². The lowest BCUT2D eigenvalue weighted by molar-refractivity contribution is 0.0734. The Morgan fingerprint density at radius 2 is 1.78 bits per heavy atom. The van der Waals surface area contributed by atoms with Crippen LogP contribution in [-0.4, -0.2) is 28.9 Å². The fraction of sp³-hybridized carbons (Fsp3) is 0.333. The van der Waals surface area contributed by atoms with Gasteiger partial charge in [-0.25, -0.2) is 0 Å². The van der Waals surface area contributed by atoms with E-state index < -0.39 is 0 Å². The Hall–Kier alpha value is -1.59. The van der Waals surface area contributed by atoms with Gasteiger partial charge in [0.15, 0.2) is 5.78 Å². The Morgan fingerprint density at radius 3 is 2.30 bits per heavy atom. The molecule has 0 saturated heterocycles. The van der Waals surface area contributed by atoms with Crippen LogP contribution in [0.1, 0.15) is 44.7 Å². The van der Waals surface area contributed by atoms with E-state index in [1.54, 1.807) is 23.9 Å². The van der Waals surface area contributed by atoms with Crippen LogP contribution in [0.3, 0.4) is 0 Å². The highest BCUT2D eigenvalue weighted by molar-refractivity contribution is 7.98. The number of hydrogen-bond donors (Lipinski definition) is 0. The van der Waals surface area contributed by atoms with Gasteiger partial charge in [0.25, 0.3) is 5.91 Å². The molecule has 1 aromatic heterocycles. The van der Waals surface area contributed by atoms with Gasteiger partial charge in [-0.1, -0.05) is 12.1 Å². The van der Waals surface area contributed by atoms with Crippen molar-refractivity contribution >= 4 is 34.8 Å². The summed E-state index contributed by atoms with van der Waals surface area (Å²) >= 11 is 3.01. The van der Waals surface area contributed by atoms with Gasteiger partial charge in [-0.05, 0) is 55.9 Å². The van der Waals surface area contributed by atoms with Crippen LogP contribution < -0.4 is 0 Å². The lowest BCUT2D eigenvalue weighted by atomic mass is 10.2. The minimum absolute atomic E-state index is 0.0136. The van der Waals surface area contributed by atoms with Gasteiger partial charge in [0.2, 0.25) is 0 Å². The monoisotopic (exact) mass is 345 g/mol. The molecule has 0 unspecified atom stereocenters. The number of thioether (sulfide) groups is 1. The highest BCUT2D eigenvalue weighted by atomic mass is 32.2. The molecule has 23 heavy (non-hydrogen) atoms. The number of thiophene rings is 1. The van der Waals surface area contributed by atoms with Crippen LogP contribution in [-0.2, 0) is 6.54 Å². The smallest absolute Gasteiger partial charge is 0.264 e. The fourth-order valence-electron chi connectivity index (χ4n) is 2.46. The molecule has 5 heteroatoms. The molecule has 3 rings (SSSR count). The molecule has 2 aromatic rings. The lowest BCUT2D eigenvalue weighted by Crippen LogP contribution is -2.32. The third-order valence-electron chi connectivity index (χ3n) is 3.92. The first kappa shape index (κ1) is 16.3. The number of ketones is 1. The Morgan fingerprint density at radius 1 is 1.13 bits per heavy atom. The largest absolute Gasteiger partial charge is 0.331 e. The van der Waals surface area contributed by atoms with E-state index in [-0.39, 0.29) is 11.7 Å². The predicted octanol–water partition coefficient (Wildman–Crippen LogP) is 4.48. The second-order valence-corrected chi connectivity index (χ2v) is 7.70. The summed E-state index contributed by atoms with van der Waals surface area (Å²) in [4.78, 5) is 28.7. The third kappa shape index (κ3) is 3.85. The molecule has 0 aliphatic heterocycles. The molecule has 120 valence electrons. The molecule has 0 bridgehead atoms. The quantitative estimate of drug-likeness (QED) is 0.572. The SMILES string of the molecule is CSc1ccc(CN(C(=O)c2ccc(C(C)=O)s2)C2CC2)cc1. The number of carbonyl (C=O) groups is 2. The highest BCUT2D eigenvalue weighted by Gasteiger charge is 2.33. The van der Waals surface area contributed by atoms with E-state index in [0.717, 1.165) is 18.4 Å². The number of nitrogens with zero attached hydrogens (tertiary/aromatic N) is 1. The van der Waals surface area contributed by atoms with Crippen molar-refractivity contribution in [2.75, 3.05) is 6.26 Å². The summed E-state index contributed by atoms with van der Waals surface area (Å²) in [6.45, 7) is 2.16. The molecule has 1 amide bonds. The first-order valence-electron chi connectivity index (χ1n) is 7.63. The van der Waals surface area contributed by atoms with E-state index in [1.165, 1.54) is 23.2 Å². The maximum atomic E-state index is 12.8. The van der Waals surface area contributed by atoms with E-state index in [9.17, 15) is 9.59 Å². The van der Waals surface area contributed by atoms with Crippen LogP contribution in [0.4, 0.5) is 0 Å². The number of Topliss-reactive ketones (excluding diaryl/α,β-unsaturated/α-hetero) is 1. The summed E-state index contributed by atoms with van der Waals surface area (Å²) < 4.78 is 0. The normalized spacial score (nSPS) is 13.8. The Bertz CT molecular complexity index is 717. The average Bonchev–Trinajstić information content (AvgIpc) is 3.27. The lowest BCUT2D eigenvalue weighted by Gasteiger charge is -2.22. The van der Waals surface area contributed by atoms with Gasteiger partial charge in [-0.2, -0.15) is 0 Å². The van der Waals surface area contributed by atoms with Crippen LogP contribution >= 0.6 is 23.1 Å². The topological polar surface area (TPSA) is 37.4 Å². The maximum Gasteiger partial charge on any atom is 0.264 e. The Kier molecular flexibility index (Phi) is 4.87. The van der Waals surface area contributed by atoms with Crippen LogP contribution in [0.2, 0.25) is 0 Å². The molecule has 0 radical (unpaired) electrons. The fourth-order valence-corrected chi connectivity index (χ4v) is 3.73. The van der Waals surface area contributed by atoms with Crippen molar-refractivity contribution in [1.82, 2.24) is 4.90 Å². The number of hydrogen-bond acceptors (Lipinski definition) is 4. The van der Waals surface area contributed by atoms with Crippen molar-refractivity contribution in [1.29, 1.82) is 0 Å². The van der Waals surface area contributed by atoms with Gasteiger partial charge < -0.3 is 4.90 Å². The maximum absolute atomic E-state index is 12.8. The molecule has 1 fully saturated rings. The number of rotatable bonds is 6. The number of amides is 1. The second kappa shape index (κ2) is 6.89. The molecule has 0 N–H and O–H groups in total. The molecule has 0 spiro atoms. The van der Waals surface area contributed by atoms with E-state index in [0.29, 0.717) is 22.3 Å². The summed E-state index contributed by atoms with van der Waals surface area (Å²) in [5.74, 6) is 0.0543. The van der Waals surface area contributed by atoms with Gasteiger partial charge in [-0.3, -0.25) is 9.59 Å². The van der Waals surface area contributed by atoms with Crippen LogP contribution in [0, 0.1) is 0 Å². The third-order valence-corrected chi connectivity index (χ3v) is 5.84. The summed E-state index contributed by atoms with van der Waals surface area (Å²) in [5.41, 5.74) is 1.14. The molecular formula is C18H19NO2S2. The number of carbonyl (C=O) groups excluding carboxylic acids is 2. The molecule has 1 aromatic carbocycles. The minimum atomic E-state index is 0.0136. The molecule has 1 aliphatic rings. The van der Waals surface area contributed by atoms with Crippen LogP contribution in [0.25, 0.3) is 0 Å². The second-order valence-electron chi connectivity index (χ2n) is 5.73. The Balaban J connectivity index is 1.77. The van der Waals surface area contributed by atoms with Crippen molar-refractivity contribution < 1.29 is 9.59 Å². The van der Waals surface area contributed by atoms with Crippen molar-refractivity contribution in [2.45, 2.75) is 37.2 Å². The van der Waals surface area contributed by atoms with Crippen molar-refractivity contribution in [2.24, 2.45) is 0 Å². The summed E-state index contributed by atoms with van der Waals surface area (Å²) in [6, 6.07) is 12.2. The van der Waals surface area contributed by atoms with Crippen molar-refractivity contribution in [3.8, 4) is 0 Å². The standard InChI is InChI=1S/C18H19NO2S2/c1-12(20)16-9-10-17(23-16)18(21)19(14-5-6-14)11-13-3-7-15(22-2)8-4-13/h3-4,7-10,14H,5-6,11H2,1-2H3. The zero-order valence-electron chi connectivity index (χ0n) is 13.2. The van der Waals surface area contributed by atoms with E-state index in [2.05, 4.69) is 30.5 Å². The highest BCUT2D eigenvalue weighted by Crippen LogP contribution is 2.31. The van der Waals surface area contributed by atoms with Gasteiger partial charge in [0.05, 0.1) is 9.75 Å². The first-order chi connectivity index (χ1) is 11.1. The van der Waals surface area contributed by atoms with Gasteiger partial charge in [0.1, 0.15) is 0 Å². The predicted molar refractivity (Wildman–Crippen MR) is 95.4 cm³/mol.